The fourth-order valence-electron chi connectivity index (χ4n) is 2.49. The van der Waals surface area contributed by atoms with E-state index < -0.39 is 5.97 Å². The van der Waals surface area contributed by atoms with Crippen LogP contribution in [0.1, 0.15) is 31.2 Å². The lowest BCUT2D eigenvalue weighted by Crippen LogP contribution is -2.34. The summed E-state index contributed by atoms with van der Waals surface area (Å²) in [7, 11) is 0. The van der Waals surface area contributed by atoms with E-state index in [1.165, 1.54) is 6.07 Å². The molecule has 1 saturated carbocycles. The van der Waals surface area contributed by atoms with Crippen LogP contribution < -0.4 is 5.32 Å². The summed E-state index contributed by atoms with van der Waals surface area (Å²) in [6.07, 6.45) is 3.07. The summed E-state index contributed by atoms with van der Waals surface area (Å²) in [5.41, 5.74) is 0.628. The molecule has 0 saturated heterocycles. The number of carbonyl (C=O) groups is 1. The molecule has 104 valence electrons. The zero-order valence-electron chi connectivity index (χ0n) is 10.5. The smallest absolute Gasteiger partial charge is 0.306 e. The molecule has 0 bridgehead atoms. The van der Waals surface area contributed by atoms with Crippen LogP contribution in [0.4, 0.5) is 4.39 Å². The lowest BCUT2D eigenvalue weighted by Gasteiger charge is -2.27. The zero-order chi connectivity index (χ0) is 13.8. The van der Waals surface area contributed by atoms with E-state index in [1.807, 2.05) is 6.07 Å². The predicted molar refractivity (Wildman–Crippen MR) is 74.3 cm³/mol. The van der Waals surface area contributed by atoms with Crippen molar-refractivity contribution in [2.45, 2.75) is 38.3 Å². The molecule has 5 heteroatoms. The number of benzene rings is 1. The molecule has 0 atom stereocenters. The Morgan fingerprint density at radius 3 is 2.63 bits per heavy atom. The number of aliphatic carboxylic acids is 1. The Morgan fingerprint density at radius 1 is 1.37 bits per heavy atom. The van der Waals surface area contributed by atoms with Crippen molar-refractivity contribution < 1.29 is 14.3 Å². The summed E-state index contributed by atoms with van der Waals surface area (Å²) >= 11 is 3.34. The molecule has 1 aliphatic carbocycles. The first kappa shape index (κ1) is 14.5. The van der Waals surface area contributed by atoms with Crippen molar-refractivity contribution in [1.82, 2.24) is 5.32 Å². The molecule has 2 rings (SSSR count). The average Bonchev–Trinajstić information content (AvgIpc) is 2.38. The quantitative estimate of drug-likeness (QED) is 0.890. The third-order valence-corrected chi connectivity index (χ3v) is 4.45. The van der Waals surface area contributed by atoms with Crippen molar-refractivity contribution >= 4 is 21.9 Å². The number of carboxylic acids is 1. The summed E-state index contributed by atoms with van der Waals surface area (Å²) in [5.74, 6) is -1.13. The molecular formula is C14H17BrFNO2. The number of nitrogens with one attached hydrogen (secondary N) is 1. The van der Waals surface area contributed by atoms with E-state index >= 15 is 0 Å². The first-order valence-electron chi connectivity index (χ1n) is 6.47. The Bertz CT molecular complexity index is 439. The van der Waals surface area contributed by atoms with Gasteiger partial charge in [-0.15, -0.1) is 0 Å². The van der Waals surface area contributed by atoms with E-state index in [1.54, 1.807) is 6.07 Å². The Kier molecular flexibility index (Phi) is 4.93. The van der Waals surface area contributed by atoms with Crippen LogP contribution in [-0.2, 0) is 11.3 Å². The summed E-state index contributed by atoms with van der Waals surface area (Å²) < 4.78 is 14.4. The zero-order valence-corrected chi connectivity index (χ0v) is 12.1. The maximum absolute atomic E-state index is 13.6. The molecule has 3 nitrogen and oxygen atoms in total. The van der Waals surface area contributed by atoms with Gasteiger partial charge in [0.2, 0.25) is 0 Å². The molecule has 0 heterocycles. The maximum atomic E-state index is 13.6. The van der Waals surface area contributed by atoms with Gasteiger partial charge in [0.1, 0.15) is 5.82 Å². The van der Waals surface area contributed by atoms with Crippen LogP contribution in [0.25, 0.3) is 0 Å². The molecule has 0 radical (unpaired) electrons. The van der Waals surface area contributed by atoms with E-state index in [9.17, 15) is 9.18 Å². The predicted octanol–water partition coefficient (Wildman–Crippen LogP) is 3.32. The summed E-state index contributed by atoms with van der Waals surface area (Å²) in [4.78, 5) is 10.9. The monoisotopic (exact) mass is 329 g/mol. The van der Waals surface area contributed by atoms with Gasteiger partial charge in [0.05, 0.1) is 5.92 Å². The molecule has 1 aromatic carbocycles. The van der Waals surface area contributed by atoms with Gasteiger partial charge in [-0.2, -0.15) is 0 Å². The number of carboxylic acid groups (broad SMARTS) is 1. The van der Waals surface area contributed by atoms with Crippen molar-refractivity contribution in [2.24, 2.45) is 5.92 Å². The number of rotatable bonds is 4. The second-order valence-electron chi connectivity index (χ2n) is 4.97. The van der Waals surface area contributed by atoms with Crippen molar-refractivity contribution in [3.63, 3.8) is 0 Å². The van der Waals surface area contributed by atoms with E-state index in [4.69, 9.17) is 5.11 Å². The second-order valence-corrected chi connectivity index (χ2v) is 5.82. The van der Waals surface area contributed by atoms with Gasteiger partial charge in [0.15, 0.2) is 0 Å². The van der Waals surface area contributed by atoms with Crippen LogP contribution in [0.15, 0.2) is 22.7 Å². The molecule has 1 fully saturated rings. The maximum Gasteiger partial charge on any atom is 0.306 e. The molecule has 0 aliphatic heterocycles. The lowest BCUT2D eigenvalue weighted by molar-refractivity contribution is -0.142. The lowest BCUT2D eigenvalue weighted by atomic mass is 9.86. The highest BCUT2D eigenvalue weighted by Crippen LogP contribution is 2.25. The fraction of sp³-hybridized carbons (Fsp3) is 0.500. The van der Waals surface area contributed by atoms with E-state index in [-0.39, 0.29) is 17.8 Å². The SMILES string of the molecule is O=C(O)C1CCC(NCc2c(F)cccc2Br)CC1. The Morgan fingerprint density at radius 2 is 2.05 bits per heavy atom. The molecule has 0 amide bonds. The van der Waals surface area contributed by atoms with Crippen molar-refractivity contribution in [1.29, 1.82) is 0 Å². The highest BCUT2D eigenvalue weighted by molar-refractivity contribution is 9.10. The van der Waals surface area contributed by atoms with Gasteiger partial charge in [-0.25, -0.2) is 4.39 Å². The highest BCUT2D eigenvalue weighted by Gasteiger charge is 2.25. The van der Waals surface area contributed by atoms with E-state index in [0.29, 0.717) is 24.9 Å². The minimum absolute atomic E-state index is 0.210. The Hall–Kier alpha value is -0.940. The van der Waals surface area contributed by atoms with Crippen molar-refractivity contribution in [3.8, 4) is 0 Å². The molecule has 0 spiro atoms. The highest BCUT2D eigenvalue weighted by atomic mass is 79.9. The number of hydrogen-bond acceptors (Lipinski definition) is 2. The van der Waals surface area contributed by atoms with Gasteiger partial charge in [-0.1, -0.05) is 22.0 Å². The van der Waals surface area contributed by atoms with Gasteiger partial charge in [-0.05, 0) is 37.8 Å². The van der Waals surface area contributed by atoms with Crippen LogP contribution in [-0.4, -0.2) is 17.1 Å². The summed E-state index contributed by atoms with van der Waals surface area (Å²) in [5, 5.41) is 12.2. The molecule has 0 unspecified atom stereocenters. The second kappa shape index (κ2) is 6.48. The van der Waals surface area contributed by atoms with Crippen LogP contribution in [0.3, 0.4) is 0 Å². The Balaban J connectivity index is 1.86. The minimum Gasteiger partial charge on any atom is -0.481 e. The molecule has 19 heavy (non-hydrogen) atoms. The normalized spacial score (nSPS) is 23.3. The number of halogens is 2. The van der Waals surface area contributed by atoms with Gasteiger partial charge in [-0.3, -0.25) is 4.79 Å². The van der Waals surface area contributed by atoms with Crippen LogP contribution >= 0.6 is 15.9 Å². The van der Waals surface area contributed by atoms with Crippen LogP contribution in [0, 0.1) is 11.7 Å². The third-order valence-electron chi connectivity index (χ3n) is 3.71. The summed E-state index contributed by atoms with van der Waals surface area (Å²) in [6.45, 7) is 0.468. The molecule has 0 aromatic heterocycles. The topological polar surface area (TPSA) is 49.3 Å². The van der Waals surface area contributed by atoms with Gasteiger partial charge < -0.3 is 10.4 Å². The van der Waals surface area contributed by atoms with Crippen molar-refractivity contribution in [2.75, 3.05) is 0 Å². The van der Waals surface area contributed by atoms with Gasteiger partial charge in [0.25, 0.3) is 0 Å². The fourth-order valence-corrected chi connectivity index (χ4v) is 2.97. The van der Waals surface area contributed by atoms with Crippen molar-refractivity contribution in [3.05, 3.63) is 34.1 Å². The number of hydrogen-bond donors (Lipinski definition) is 2. The van der Waals surface area contributed by atoms with E-state index in [0.717, 1.165) is 17.3 Å². The van der Waals surface area contributed by atoms with Crippen LogP contribution in [0.2, 0.25) is 0 Å². The van der Waals surface area contributed by atoms with E-state index in [2.05, 4.69) is 21.2 Å². The molecule has 2 N–H and O–H groups in total. The first-order valence-corrected chi connectivity index (χ1v) is 7.26. The van der Waals surface area contributed by atoms with Gasteiger partial charge >= 0.3 is 5.97 Å². The average molecular weight is 330 g/mol. The summed E-state index contributed by atoms with van der Waals surface area (Å²) in [6, 6.07) is 5.22. The van der Waals surface area contributed by atoms with Crippen LogP contribution in [0.5, 0.6) is 0 Å². The Labute approximate surface area is 120 Å². The molecular weight excluding hydrogens is 313 g/mol. The molecule has 1 aromatic rings. The minimum atomic E-state index is -0.699. The standard InChI is InChI=1S/C14H17BrFNO2/c15-12-2-1-3-13(16)11(12)8-17-10-6-4-9(5-7-10)14(18)19/h1-3,9-10,17H,4-8H2,(H,18,19). The third kappa shape index (κ3) is 3.76. The molecule has 1 aliphatic rings. The largest absolute Gasteiger partial charge is 0.481 e. The first-order chi connectivity index (χ1) is 9.08. The van der Waals surface area contributed by atoms with Gasteiger partial charge in [0, 0.05) is 22.6 Å².